The molecule has 1 aromatic heterocycles. The van der Waals surface area contributed by atoms with Crippen molar-refractivity contribution in [2.45, 2.75) is 0 Å². The van der Waals surface area contributed by atoms with Gasteiger partial charge < -0.3 is 5.32 Å². The van der Waals surface area contributed by atoms with Crippen LogP contribution in [0.25, 0.3) is 22.2 Å². The van der Waals surface area contributed by atoms with Gasteiger partial charge in [-0.05, 0) is 36.4 Å². The summed E-state index contributed by atoms with van der Waals surface area (Å²) in [5.74, 6) is -1.28. The van der Waals surface area contributed by atoms with Gasteiger partial charge in [-0.15, -0.1) is 0 Å². The lowest BCUT2D eigenvalue weighted by Gasteiger charge is -2.14. The molecule has 0 fully saturated rings. The molecule has 0 saturated carbocycles. The number of nitriles is 1. The molecule has 1 heterocycles. The Hall–Kier alpha value is -3.27. The highest BCUT2D eigenvalue weighted by atomic mass is 79.9. The third-order valence-corrected chi connectivity index (χ3v) is 5.37. The summed E-state index contributed by atoms with van der Waals surface area (Å²) in [6.45, 7) is 0. The number of hydrogen-bond donors (Lipinski definition) is 1. The summed E-state index contributed by atoms with van der Waals surface area (Å²) in [4.78, 5) is 17.8. The molecule has 30 heavy (non-hydrogen) atoms. The number of carbonyl (C=O) groups is 1. The van der Waals surface area contributed by atoms with Crippen molar-refractivity contribution in [3.8, 4) is 17.3 Å². The molecule has 146 valence electrons. The standard InChI is InChI=1S/C23H12BrClFN3O/c24-15-7-9-18-16(11-15)20(21(25)22(28-18)14-4-2-1-3-5-14)23(30)29-19-8-6-13(12-27)10-17(19)26/h1-11H,(H,29,30). The van der Waals surface area contributed by atoms with Crippen LogP contribution in [0.3, 0.4) is 0 Å². The van der Waals surface area contributed by atoms with Gasteiger partial charge in [-0.25, -0.2) is 9.37 Å². The average Bonchev–Trinajstić information content (AvgIpc) is 2.75. The second-order valence-electron chi connectivity index (χ2n) is 6.44. The maximum absolute atomic E-state index is 14.3. The summed E-state index contributed by atoms with van der Waals surface area (Å²) in [6, 6.07) is 20.3. The van der Waals surface area contributed by atoms with Crippen LogP contribution in [0.15, 0.2) is 71.2 Å². The molecule has 4 rings (SSSR count). The van der Waals surface area contributed by atoms with Crippen LogP contribution >= 0.6 is 27.5 Å². The lowest BCUT2D eigenvalue weighted by Crippen LogP contribution is -2.15. The molecule has 1 amide bonds. The number of rotatable bonds is 3. The molecule has 0 aliphatic heterocycles. The number of fused-ring (bicyclic) bond motifs is 1. The van der Waals surface area contributed by atoms with Gasteiger partial charge in [0.2, 0.25) is 0 Å². The highest BCUT2D eigenvalue weighted by molar-refractivity contribution is 9.10. The van der Waals surface area contributed by atoms with Crippen molar-refractivity contribution in [3.05, 3.63) is 93.2 Å². The van der Waals surface area contributed by atoms with Gasteiger partial charge in [0.1, 0.15) is 5.82 Å². The second-order valence-corrected chi connectivity index (χ2v) is 7.73. The molecule has 0 aliphatic carbocycles. The number of hydrogen-bond acceptors (Lipinski definition) is 3. The number of aromatic nitrogens is 1. The van der Waals surface area contributed by atoms with Gasteiger partial charge in [-0.2, -0.15) is 5.26 Å². The van der Waals surface area contributed by atoms with Gasteiger partial charge in [0.15, 0.2) is 0 Å². The van der Waals surface area contributed by atoms with Gasteiger partial charge in [0, 0.05) is 15.4 Å². The molecule has 3 aromatic carbocycles. The third kappa shape index (κ3) is 3.78. The van der Waals surface area contributed by atoms with E-state index in [-0.39, 0.29) is 21.8 Å². The molecular weight excluding hydrogens is 469 g/mol. The number of anilines is 1. The van der Waals surface area contributed by atoms with E-state index in [9.17, 15) is 9.18 Å². The van der Waals surface area contributed by atoms with Crippen molar-refractivity contribution in [3.63, 3.8) is 0 Å². The van der Waals surface area contributed by atoms with Crippen molar-refractivity contribution < 1.29 is 9.18 Å². The maximum Gasteiger partial charge on any atom is 0.258 e. The monoisotopic (exact) mass is 479 g/mol. The van der Waals surface area contributed by atoms with E-state index in [1.165, 1.54) is 12.1 Å². The van der Waals surface area contributed by atoms with Crippen LogP contribution in [0.5, 0.6) is 0 Å². The first-order valence-corrected chi connectivity index (χ1v) is 10.00. The van der Waals surface area contributed by atoms with Crippen molar-refractivity contribution in [2.24, 2.45) is 0 Å². The number of nitrogens with one attached hydrogen (secondary N) is 1. The first kappa shape index (κ1) is 20.0. The summed E-state index contributed by atoms with van der Waals surface area (Å²) < 4.78 is 15.1. The molecule has 4 nitrogen and oxygen atoms in total. The third-order valence-electron chi connectivity index (χ3n) is 4.51. The molecule has 7 heteroatoms. The summed E-state index contributed by atoms with van der Waals surface area (Å²) >= 11 is 10.1. The smallest absolute Gasteiger partial charge is 0.258 e. The molecule has 1 N–H and O–H groups in total. The van der Waals surface area contributed by atoms with E-state index >= 15 is 0 Å². The zero-order chi connectivity index (χ0) is 21.3. The lowest BCUT2D eigenvalue weighted by molar-refractivity contribution is 0.102. The molecule has 0 spiro atoms. The van der Waals surface area contributed by atoms with Crippen LogP contribution in [0.1, 0.15) is 15.9 Å². The quantitative estimate of drug-likeness (QED) is 0.360. The molecular formula is C23H12BrClFN3O. The van der Waals surface area contributed by atoms with Crippen LogP contribution in [-0.2, 0) is 0 Å². The molecule has 0 radical (unpaired) electrons. The Kier molecular flexibility index (Phi) is 5.49. The van der Waals surface area contributed by atoms with E-state index in [1.807, 2.05) is 42.5 Å². The van der Waals surface area contributed by atoms with Crippen LogP contribution in [0.4, 0.5) is 10.1 Å². The van der Waals surface area contributed by atoms with E-state index in [0.717, 1.165) is 16.1 Å². The molecule has 0 bridgehead atoms. The Morgan fingerprint density at radius 1 is 1.10 bits per heavy atom. The summed E-state index contributed by atoms with van der Waals surface area (Å²) in [6.07, 6.45) is 0. The highest BCUT2D eigenvalue weighted by Gasteiger charge is 2.22. The zero-order valence-electron chi connectivity index (χ0n) is 15.3. The van der Waals surface area contributed by atoms with E-state index in [4.69, 9.17) is 16.9 Å². The van der Waals surface area contributed by atoms with E-state index < -0.39 is 11.7 Å². The van der Waals surface area contributed by atoms with Gasteiger partial charge in [0.25, 0.3) is 5.91 Å². The fraction of sp³-hybridized carbons (Fsp3) is 0. The minimum Gasteiger partial charge on any atom is -0.319 e. The number of amides is 1. The number of carbonyl (C=O) groups excluding carboxylic acids is 1. The largest absolute Gasteiger partial charge is 0.319 e. The molecule has 4 aromatic rings. The number of pyridine rings is 1. The molecule has 0 atom stereocenters. The zero-order valence-corrected chi connectivity index (χ0v) is 17.6. The van der Waals surface area contributed by atoms with Crippen molar-refractivity contribution in [1.82, 2.24) is 4.98 Å². The fourth-order valence-corrected chi connectivity index (χ4v) is 3.79. The molecule has 0 aliphatic rings. The van der Waals surface area contributed by atoms with E-state index in [0.29, 0.717) is 16.6 Å². The Bertz CT molecular complexity index is 1340. The van der Waals surface area contributed by atoms with Crippen LogP contribution < -0.4 is 5.32 Å². The Balaban J connectivity index is 1.88. The first-order chi connectivity index (χ1) is 14.5. The van der Waals surface area contributed by atoms with E-state index in [1.54, 1.807) is 12.1 Å². The summed E-state index contributed by atoms with van der Waals surface area (Å²) in [5.41, 5.74) is 2.09. The molecule has 0 saturated heterocycles. The van der Waals surface area contributed by atoms with Crippen LogP contribution in [0, 0.1) is 17.1 Å². The van der Waals surface area contributed by atoms with Crippen LogP contribution in [0.2, 0.25) is 5.02 Å². The Labute approximate surface area is 185 Å². The fourth-order valence-electron chi connectivity index (χ4n) is 3.09. The Morgan fingerprint density at radius 3 is 2.57 bits per heavy atom. The molecule has 0 unspecified atom stereocenters. The number of halogens is 3. The van der Waals surface area contributed by atoms with Crippen molar-refractivity contribution >= 4 is 50.0 Å². The minimum absolute atomic E-state index is 0.0451. The Morgan fingerprint density at radius 2 is 1.87 bits per heavy atom. The van der Waals surface area contributed by atoms with Gasteiger partial charge in [-0.3, -0.25) is 4.79 Å². The SMILES string of the molecule is N#Cc1ccc(NC(=O)c2c(Cl)c(-c3ccccc3)nc3ccc(Br)cc23)c(F)c1. The van der Waals surface area contributed by atoms with E-state index in [2.05, 4.69) is 26.2 Å². The van der Waals surface area contributed by atoms with Gasteiger partial charge in [0.05, 0.1) is 39.1 Å². The summed E-state index contributed by atoms with van der Waals surface area (Å²) in [5, 5.41) is 12.2. The second kappa shape index (κ2) is 8.23. The lowest BCUT2D eigenvalue weighted by atomic mass is 10.0. The van der Waals surface area contributed by atoms with Gasteiger partial charge >= 0.3 is 0 Å². The number of benzene rings is 3. The van der Waals surface area contributed by atoms with Crippen molar-refractivity contribution in [1.29, 1.82) is 5.26 Å². The topological polar surface area (TPSA) is 65.8 Å². The maximum atomic E-state index is 14.3. The van der Waals surface area contributed by atoms with Gasteiger partial charge in [-0.1, -0.05) is 57.9 Å². The average molecular weight is 481 g/mol. The predicted octanol–water partition coefficient (Wildman–Crippen LogP) is 6.58. The first-order valence-electron chi connectivity index (χ1n) is 8.83. The van der Waals surface area contributed by atoms with Crippen molar-refractivity contribution in [2.75, 3.05) is 5.32 Å². The normalized spacial score (nSPS) is 10.6. The minimum atomic E-state index is -0.707. The predicted molar refractivity (Wildman–Crippen MR) is 119 cm³/mol. The van der Waals surface area contributed by atoms with Crippen LogP contribution in [-0.4, -0.2) is 10.9 Å². The highest BCUT2D eigenvalue weighted by Crippen LogP contribution is 2.35. The summed E-state index contributed by atoms with van der Waals surface area (Å²) in [7, 11) is 0. The number of nitrogens with zero attached hydrogens (tertiary/aromatic N) is 2.